The second-order valence-corrected chi connectivity index (χ2v) is 9.05. The Morgan fingerprint density at radius 3 is 2.48 bits per heavy atom. The minimum atomic E-state index is -3.49. The highest BCUT2D eigenvalue weighted by atomic mass is 35.5. The smallest absolute Gasteiger partial charge is 0.255 e. The molecule has 1 heterocycles. The van der Waals surface area contributed by atoms with Crippen LogP contribution >= 0.6 is 12.4 Å². The van der Waals surface area contributed by atoms with Crippen LogP contribution in [0.5, 0.6) is 0 Å². The summed E-state index contributed by atoms with van der Waals surface area (Å²) in [7, 11) is -3.49. The van der Waals surface area contributed by atoms with Gasteiger partial charge in [0.15, 0.2) is 9.84 Å². The van der Waals surface area contributed by atoms with Crippen LogP contribution in [0.15, 0.2) is 29.2 Å². The molecule has 0 bridgehead atoms. The number of nitrogens with zero attached hydrogens (tertiary/aromatic N) is 1. The Kier molecular flexibility index (Phi) is 6.24. The van der Waals surface area contributed by atoms with E-state index in [-0.39, 0.29) is 34.2 Å². The van der Waals surface area contributed by atoms with E-state index in [1.807, 2.05) is 0 Å². The highest BCUT2D eigenvalue weighted by molar-refractivity contribution is 7.92. The molecule has 1 unspecified atom stereocenters. The highest BCUT2D eigenvalue weighted by Crippen LogP contribution is 2.31. The molecule has 1 amide bonds. The number of hydrogen-bond donors (Lipinski definition) is 1. The summed E-state index contributed by atoms with van der Waals surface area (Å²) < 4.78 is 24.9. The first-order valence-electron chi connectivity index (χ1n) is 7.53. The first kappa shape index (κ1) is 19.9. The molecule has 1 aliphatic heterocycles. The van der Waals surface area contributed by atoms with E-state index in [4.69, 9.17) is 5.73 Å². The van der Waals surface area contributed by atoms with Gasteiger partial charge in [0.05, 0.1) is 15.7 Å². The van der Waals surface area contributed by atoms with E-state index in [0.717, 1.165) is 6.42 Å². The van der Waals surface area contributed by atoms with Crippen molar-refractivity contribution in [3.8, 4) is 0 Å². The van der Waals surface area contributed by atoms with E-state index < -0.39 is 15.1 Å². The van der Waals surface area contributed by atoms with Gasteiger partial charge in [0.25, 0.3) is 5.91 Å². The molecule has 1 fully saturated rings. The number of amides is 1. The van der Waals surface area contributed by atoms with Crippen molar-refractivity contribution < 1.29 is 13.2 Å². The average molecular weight is 361 g/mol. The Morgan fingerprint density at radius 2 is 1.96 bits per heavy atom. The van der Waals surface area contributed by atoms with Crippen LogP contribution in [0, 0.1) is 5.41 Å². The Hall–Kier alpha value is -1.11. The second-order valence-electron chi connectivity index (χ2n) is 6.58. The van der Waals surface area contributed by atoms with Gasteiger partial charge in [-0.1, -0.05) is 19.1 Å². The lowest BCUT2D eigenvalue weighted by Crippen LogP contribution is -2.35. The molecule has 2 rings (SSSR count). The summed E-state index contributed by atoms with van der Waals surface area (Å²) in [5, 5.41) is -0.561. The molecule has 0 saturated carbocycles. The van der Waals surface area contributed by atoms with Gasteiger partial charge in [-0.3, -0.25) is 4.79 Å². The minimum absolute atomic E-state index is 0. The highest BCUT2D eigenvalue weighted by Gasteiger charge is 2.36. The lowest BCUT2D eigenvalue weighted by Gasteiger charge is -2.23. The number of sulfone groups is 1. The molecule has 130 valence electrons. The van der Waals surface area contributed by atoms with Gasteiger partial charge in [-0.05, 0) is 44.4 Å². The van der Waals surface area contributed by atoms with Gasteiger partial charge in [-0.15, -0.1) is 12.4 Å². The lowest BCUT2D eigenvalue weighted by atomic mass is 9.90. The van der Waals surface area contributed by atoms with Crippen LogP contribution in [0.1, 0.15) is 37.6 Å². The zero-order valence-electron chi connectivity index (χ0n) is 13.8. The molecule has 0 aliphatic carbocycles. The van der Waals surface area contributed by atoms with Gasteiger partial charge >= 0.3 is 0 Å². The molecule has 1 saturated heterocycles. The van der Waals surface area contributed by atoms with Gasteiger partial charge in [-0.2, -0.15) is 0 Å². The Morgan fingerprint density at radius 1 is 1.35 bits per heavy atom. The van der Waals surface area contributed by atoms with Crippen LogP contribution in [0.25, 0.3) is 0 Å². The molecule has 23 heavy (non-hydrogen) atoms. The molecule has 0 radical (unpaired) electrons. The molecule has 7 heteroatoms. The number of halogens is 1. The topological polar surface area (TPSA) is 80.5 Å². The lowest BCUT2D eigenvalue weighted by molar-refractivity contribution is 0.0773. The van der Waals surface area contributed by atoms with Crippen molar-refractivity contribution in [3.05, 3.63) is 29.8 Å². The predicted molar refractivity (Wildman–Crippen MR) is 93.7 cm³/mol. The fourth-order valence-corrected chi connectivity index (χ4v) is 3.92. The fourth-order valence-electron chi connectivity index (χ4n) is 2.68. The summed E-state index contributed by atoms with van der Waals surface area (Å²) in [6.07, 6.45) is 0.842. The van der Waals surface area contributed by atoms with E-state index in [9.17, 15) is 13.2 Å². The van der Waals surface area contributed by atoms with Crippen LogP contribution in [0.2, 0.25) is 0 Å². The normalized spacial score (nSPS) is 21.3. The van der Waals surface area contributed by atoms with Crippen molar-refractivity contribution in [3.63, 3.8) is 0 Å². The van der Waals surface area contributed by atoms with Crippen molar-refractivity contribution in [1.82, 2.24) is 4.90 Å². The molecule has 2 N–H and O–H groups in total. The Balaban J connectivity index is 0.00000264. The zero-order valence-corrected chi connectivity index (χ0v) is 15.4. The van der Waals surface area contributed by atoms with Crippen molar-refractivity contribution in [2.24, 2.45) is 11.1 Å². The van der Waals surface area contributed by atoms with Crippen LogP contribution in [0.3, 0.4) is 0 Å². The Bertz CT molecular complexity index is 676. The van der Waals surface area contributed by atoms with Crippen molar-refractivity contribution >= 4 is 28.2 Å². The molecular weight excluding hydrogens is 336 g/mol. The van der Waals surface area contributed by atoms with Crippen molar-refractivity contribution in [2.75, 3.05) is 19.6 Å². The predicted octanol–water partition coefficient (Wildman–Crippen LogP) is 2.10. The third-order valence-corrected chi connectivity index (χ3v) is 6.59. The van der Waals surface area contributed by atoms with E-state index in [1.54, 1.807) is 36.9 Å². The Labute approximate surface area is 144 Å². The van der Waals surface area contributed by atoms with Crippen molar-refractivity contribution in [1.29, 1.82) is 0 Å². The van der Waals surface area contributed by atoms with Gasteiger partial charge in [-0.25, -0.2) is 8.42 Å². The number of carbonyl (C=O) groups excluding carboxylic acids is 1. The van der Waals surface area contributed by atoms with E-state index in [2.05, 4.69) is 6.92 Å². The fraction of sp³-hybridized carbons (Fsp3) is 0.562. The standard InChI is InChI=1S/C16H24N2O3S.ClH/c1-12(2)22(20,21)14-7-5-4-6-13(14)15(19)18-9-8-16(3,10-17)11-18;/h4-7,12H,8-11,17H2,1-3H3;1H. The first-order chi connectivity index (χ1) is 10.2. The third-order valence-electron chi connectivity index (χ3n) is 4.38. The second kappa shape index (κ2) is 7.20. The van der Waals surface area contributed by atoms with E-state index in [1.165, 1.54) is 6.07 Å². The molecule has 0 spiro atoms. The summed E-state index contributed by atoms with van der Waals surface area (Å²) in [5.41, 5.74) is 5.95. The van der Waals surface area contributed by atoms with Crippen molar-refractivity contribution in [2.45, 2.75) is 37.3 Å². The van der Waals surface area contributed by atoms with Crippen LogP contribution in [-0.4, -0.2) is 44.1 Å². The molecule has 1 aromatic carbocycles. The quantitative estimate of drug-likeness (QED) is 0.891. The number of nitrogens with two attached hydrogens (primary N) is 1. The van der Waals surface area contributed by atoms with Crippen LogP contribution in [-0.2, 0) is 9.84 Å². The number of benzene rings is 1. The minimum Gasteiger partial charge on any atom is -0.338 e. The molecular formula is C16H25ClN2O3S. The average Bonchev–Trinajstić information content (AvgIpc) is 2.89. The first-order valence-corrected chi connectivity index (χ1v) is 9.08. The number of rotatable bonds is 4. The van der Waals surface area contributed by atoms with Crippen LogP contribution in [0.4, 0.5) is 0 Å². The number of likely N-dealkylation sites (tertiary alicyclic amines) is 1. The maximum absolute atomic E-state index is 12.8. The summed E-state index contributed by atoms with van der Waals surface area (Å²) in [5.74, 6) is -0.225. The molecule has 0 aromatic heterocycles. The SMILES string of the molecule is CC(C)S(=O)(=O)c1ccccc1C(=O)N1CCC(C)(CN)C1.Cl. The van der Waals surface area contributed by atoms with Crippen LogP contribution < -0.4 is 5.73 Å². The molecule has 1 atom stereocenters. The zero-order chi connectivity index (χ0) is 16.5. The van der Waals surface area contributed by atoms with Gasteiger partial charge < -0.3 is 10.6 Å². The summed E-state index contributed by atoms with van der Waals surface area (Å²) in [4.78, 5) is 14.6. The maximum atomic E-state index is 12.8. The monoisotopic (exact) mass is 360 g/mol. The number of hydrogen-bond acceptors (Lipinski definition) is 4. The largest absolute Gasteiger partial charge is 0.338 e. The molecule has 1 aromatic rings. The summed E-state index contributed by atoms with van der Waals surface area (Å²) in [6.45, 7) is 7.00. The van der Waals surface area contributed by atoms with E-state index >= 15 is 0 Å². The summed E-state index contributed by atoms with van der Waals surface area (Å²) >= 11 is 0. The molecule has 5 nitrogen and oxygen atoms in total. The van der Waals surface area contributed by atoms with Gasteiger partial charge in [0.1, 0.15) is 0 Å². The van der Waals surface area contributed by atoms with Gasteiger partial charge in [0, 0.05) is 13.1 Å². The van der Waals surface area contributed by atoms with E-state index in [0.29, 0.717) is 19.6 Å². The number of carbonyl (C=O) groups is 1. The third kappa shape index (κ3) is 3.87. The summed E-state index contributed by atoms with van der Waals surface area (Å²) in [6, 6.07) is 6.46. The maximum Gasteiger partial charge on any atom is 0.255 e. The van der Waals surface area contributed by atoms with Gasteiger partial charge in [0.2, 0.25) is 0 Å². The molecule has 1 aliphatic rings.